The second-order valence-electron chi connectivity index (χ2n) is 5.52. The maximum atomic E-state index is 12.1. The number of phenols is 1. The molecule has 0 atom stereocenters. The Morgan fingerprint density at radius 1 is 1.11 bits per heavy atom. The number of rotatable bonds is 6. The first-order valence-electron chi connectivity index (χ1n) is 8.00. The average molecular weight is 416 g/mol. The molecule has 0 fully saturated rings. The normalized spacial score (nSPS) is 10.8. The largest absolute Gasteiger partial charge is 0.508 e. The quantitative estimate of drug-likeness (QED) is 0.422. The standard InChI is InChI=1S/C18H14ClN5O3S/c19-13-5-3-12(4-6-13)17(27)21-18-24-23-16(28-18)9-15(26)22-20-10-11-1-7-14(25)8-2-11/h1-8,10,25H,9H2,(H,22,26)(H,21,24,27). The number of hydrogen-bond acceptors (Lipinski definition) is 7. The number of amides is 2. The minimum Gasteiger partial charge on any atom is -0.508 e. The molecule has 0 saturated carbocycles. The highest BCUT2D eigenvalue weighted by atomic mass is 35.5. The lowest BCUT2D eigenvalue weighted by Gasteiger charge is -2.00. The predicted octanol–water partition coefficient (Wildman–Crippen LogP) is 2.84. The van der Waals surface area contributed by atoms with E-state index in [4.69, 9.17) is 11.6 Å². The van der Waals surface area contributed by atoms with E-state index in [2.05, 4.69) is 26.0 Å². The SMILES string of the molecule is O=C(Cc1nnc(NC(=O)c2ccc(Cl)cc2)s1)NN=Cc1ccc(O)cc1. The number of aromatic hydroxyl groups is 1. The fourth-order valence-electron chi connectivity index (χ4n) is 2.06. The van der Waals surface area contributed by atoms with Gasteiger partial charge in [-0.1, -0.05) is 22.9 Å². The number of benzene rings is 2. The van der Waals surface area contributed by atoms with Gasteiger partial charge in [-0.25, -0.2) is 5.43 Å². The molecule has 0 aliphatic heterocycles. The number of carbonyl (C=O) groups excluding carboxylic acids is 2. The fourth-order valence-corrected chi connectivity index (χ4v) is 2.92. The summed E-state index contributed by atoms with van der Waals surface area (Å²) in [5.41, 5.74) is 3.54. The molecule has 0 radical (unpaired) electrons. The molecule has 8 nitrogen and oxygen atoms in total. The lowest BCUT2D eigenvalue weighted by molar-refractivity contribution is -0.120. The maximum absolute atomic E-state index is 12.1. The molecular formula is C18H14ClN5O3S. The number of nitrogens with zero attached hydrogens (tertiary/aromatic N) is 3. The Kier molecular flexibility index (Phi) is 6.30. The number of halogens is 1. The van der Waals surface area contributed by atoms with Crippen molar-refractivity contribution in [2.45, 2.75) is 6.42 Å². The van der Waals surface area contributed by atoms with Crippen molar-refractivity contribution in [3.05, 3.63) is 69.7 Å². The summed E-state index contributed by atoms with van der Waals surface area (Å²) in [7, 11) is 0. The van der Waals surface area contributed by atoms with Crippen molar-refractivity contribution < 1.29 is 14.7 Å². The molecule has 1 aromatic heterocycles. The highest BCUT2D eigenvalue weighted by molar-refractivity contribution is 7.15. The van der Waals surface area contributed by atoms with E-state index in [0.717, 1.165) is 16.9 Å². The van der Waals surface area contributed by atoms with Crippen molar-refractivity contribution in [2.24, 2.45) is 5.10 Å². The molecule has 1 heterocycles. The lowest BCUT2D eigenvalue weighted by Crippen LogP contribution is -2.19. The Bertz CT molecular complexity index is 1000. The average Bonchev–Trinajstić information content (AvgIpc) is 3.10. The second kappa shape index (κ2) is 9.07. The Labute approximate surface area is 168 Å². The van der Waals surface area contributed by atoms with Crippen LogP contribution in [0, 0.1) is 0 Å². The van der Waals surface area contributed by atoms with E-state index in [1.165, 1.54) is 18.3 Å². The van der Waals surface area contributed by atoms with Gasteiger partial charge in [0, 0.05) is 10.6 Å². The summed E-state index contributed by atoms with van der Waals surface area (Å²) in [4.78, 5) is 24.0. The number of carbonyl (C=O) groups is 2. The molecule has 0 unspecified atom stereocenters. The van der Waals surface area contributed by atoms with Crippen molar-refractivity contribution >= 4 is 46.1 Å². The van der Waals surface area contributed by atoms with Gasteiger partial charge in [-0.2, -0.15) is 5.10 Å². The summed E-state index contributed by atoms with van der Waals surface area (Å²) >= 11 is 6.89. The summed E-state index contributed by atoms with van der Waals surface area (Å²) in [6.07, 6.45) is 1.43. The van der Waals surface area contributed by atoms with Gasteiger partial charge in [-0.05, 0) is 54.1 Å². The van der Waals surface area contributed by atoms with Crippen LogP contribution in [-0.2, 0) is 11.2 Å². The minimum atomic E-state index is -0.373. The molecule has 28 heavy (non-hydrogen) atoms. The van der Waals surface area contributed by atoms with Gasteiger partial charge in [0.1, 0.15) is 10.8 Å². The Balaban J connectivity index is 1.50. The Morgan fingerprint density at radius 3 is 2.54 bits per heavy atom. The first-order valence-corrected chi connectivity index (χ1v) is 9.19. The third-order valence-corrected chi connectivity index (χ3v) is 4.49. The van der Waals surface area contributed by atoms with Crippen molar-refractivity contribution in [2.75, 3.05) is 5.32 Å². The van der Waals surface area contributed by atoms with E-state index in [1.807, 2.05) is 0 Å². The number of phenolic OH excluding ortho intramolecular Hbond substituents is 1. The van der Waals surface area contributed by atoms with E-state index in [1.54, 1.807) is 36.4 Å². The van der Waals surface area contributed by atoms with Crippen LogP contribution >= 0.6 is 22.9 Å². The van der Waals surface area contributed by atoms with Crippen LogP contribution in [0.15, 0.2) is 53.6 Å². The number of anilines is 1. The molecule has 142 valence electrons. The summed E-state index contributed by atoms with van der Waals surface area (Å²) in [5.74, 6) is -0.569. The Hall–Kier alpha value is -3.30. The van der Waals surface area contributed by atoms with Crippen LogP contribution in [0.3, 0.4) is 0 Å². The highest BCUT2D eigenvalue weighted by Crippen LogP contribution is 2.17. The summed E-state index contributed by atoms with van der Waals surface area (Å²) < 4.78 is 0. The Morgan fingerprint density at radius 2 is 1.82 bits per heavy atom. The summed E-state index contributed by atoms with van der Waals surface area (Å²) in [6.45, 7) is 0. The van der Waals surface area contributed by atoms with Crippen molar-refractivity contribution in [3.8, 4) is 5.75 Å². The first kappa shape index (κ1) is 19.5. The zero-order valence-corrected chi connectivity index (χ0v) is 15.9. The van der Waals surface area contributed by atoms with E-state index in [-0.39, 0.29) is 29.1 Å². The molecule has 0 aliphatic rings. The van der Waals surface area contributed by atoms with Crippen LogP contribution in [0.1, 0.15) is 20.9 Å². The van der Waals surface area contributed by atoms with Gasteiger partial charge in [0.15, 0.2) is 0 Å². The van der Waals surface area contributed by atoms with Crippen LogP contribution in [0.2, 0.25) is 5.02 Å². The second-order valence-corrected chi connectivity index (χ2v) is 7.02. The van der Waals surface area contributed by atoms with Gasteiger partial charge in [0.05, 0.1) is 12.6 Å². The van der Waals surface area contributed by atoms with Crippen LogP contribution in [0.5, 0.6) is 5.75 Å². The van der Waals surface area contributed by atoms with Crippen molar-refractivity contribution in [1.29, 1.82) is 0 Å². The van der Waals surface area contributed by atoms with Crippen LogP contribution in [-0.4, -0.2) is 33.3 Å². The first-order chi connectivity index (χ1) is 13.5. The molecule has 2 amide bonds. The molecule has 10 heteroatoms. The molecular weight excluding hydrogens is 402 g/mol. The zero-order chi connectivity index (χ0) is 19.9. The molecule has 0 bridgehead atoms. The van der Waals surface area contributed by atoms with Crippen molar-refractivity contribution in [3.63, 3.8) is 0 Å². The van der Waals surface area contributed by atoms with Gasteiger partial charge in [-0.15, -0.1) is 10.2 Å². The van der Waals surface area contributed by atoms with Crippen LogP contribution in [0.4, 0.5) is 5.13 Å². The van der Waals surface area contributed by atoms with Gasteiger partial charge >= 0.3 is 0 Å². The fraction of sp³-hybridized carbons (Fsp3) is 0.0556. The van der Waals surface area contributed by atoms with Crippen LogP contribution in [0.25, 0.3) is 0 Å². The van der Waals surface area contributed by atoms with Crippen molar-refractivity contribution in [1.82, 2.24) is 15.6 Å². The maximum Gasteiger partial charge on any atom is 0.257 e. The van der Waals surface area contributed by atoms with E-state index >= 15 is 0 Å². The molecule has 0 saturated heterocycles. The van der Waals surface area contributed by atoms with E-state index in [0.29, 0.717) is 15.6 Å². The number of aromatic nitrogens is 2. The lowest BCUT2D eigenvalue weighted by atomic mass is 10.2. The summed E-state index contributed by atoms with van der Waals surface area (Å²) in [5, 5.41) is 24.7. The van der Waals surface area contributed by atoms with Gasteiger partial charge in [-0.3, -0.25) is 14.9 Å². The van der Waals surface area contributed by atoms with E-state index < -0.39 is 0 Å². The third-order valence-electron chi connectivity index (χ3n) is 3.40. The molecule has 2 aromatic carbocycles. The van der Waals surface area contributed by atoms with Gasteiger partial charge in [0.2, 0.25) is 11.0 Å². The number of hydrazone groups is 1. The predicted molar refractivity (Wildman–Crippen MR) is 107 cm³/mol. The zero-order valence-electron chi connectivity index (χ0n) is 14.3. The number of hydrogen-bond donors (Lipinski definition) is 3. The minimum absolute atomic E-state index is 0.0264. The molecule has 0 aliphatic carbocycles. The molecule has 3 aromatic rings. The van der Waals surface area contributed by atoms with Gasteiger partial charge in [0.25, 0.3) is 5.91 Å². The number of nitrogens with one attached hydrogen (secondary N) is 2. The van der Waals surface area contributed by atoms with E-state index in [9.17, 15) is 14.7 Å². The van der Waals surface area contributed by atoms with Crippen LogP contribution < -0.4 is 10.7 Å². The smallest absolute Gasteiger partial charge is 0.257 e. The third kappa shape index (κ3) is 5.60. The summed E-state index contributed by atoms with van der Waals surface area (Å²) in [6, 6.07) is 12.8. The molecule has 0 spiro atoms. The van der Waals surface area contributed by atoms with Gasteiger partial charge < -0.3 is 5.11 Å². The molecule has 3 rings (SSSR count). The topological polar surface area (TPSA) is 117 Å². The molecule has 3 N–H and O–H groups in total. The highest BCUT2D eigenvalue weighted by Gasteiger charge is 2.12. The monoisotopic (exact) mass is 415 g/mol.